The average molecular weight is 219 g/mol. The Kier molecular flexibility index (Phi) is 2.90. The van der Waals surface area contributed by atoms with Crippen LogP contribution in [0.3, 0.4) is 0 Å². The van der Waals surface area contributed by atoms with Gasteiger partial charge in [-0.1, -0.05) is 18.2 Å². The van der Waals surface area contributed by atoms with Gasteiger partial charge in [-0.05, 0) is 18.1 Å². The van der Waals surface area contributed by atoms with E-state index >= 15 is 0 Å². The third-order valence-corrected chi connectivity index (χ3v) is 2.62. The number of para-hydroxylation sites is 1. The van der Waals surface area contributed by atoms with Crippen molar-refractivity contribution in [1.29, 1.82) is 0 Å². The molecule has 4 nitrogen and oxygen atoms in total. The highest BCUT2D eigenvalue weighted by atomic mass is 16.5. The number of ether oxygens (including phenoxy) is 1. The van der Waals surface area contributed by atoms with Crippen molar-refractivity contribution in [3.05, 3.63) is 29.8 Å². The monoisotopic (exact) mass is 219 g/mol. The molecule has 1 atom stereocenters. The number of fused-ring (bicyclic) bond motifs is 1. The number of benzene rings is 1. The van der Waals surface area contributed by atoms with Crippen molar-refractivity contribution in [3.63, 3.8) is 0 Å². The molecule has 0 saturated heterocycles. The quantitative estimate of drug-likeness (QED) is 0.787. The first-order valence-corrected chi connectivity index (χ1v) is 5.21. The predicted molar refractivity (Wildman–Crippen MR) is 59.1 cm³/mol. The molecule has 1 amide bonds. The van der Waals surface area contributed by atoms with E-state index in [1.807, 2.05) is 24.3 Å². The van der Waals surface area contributed by atoms with Gasteiger partial charge in [0.25, 0.3) is 0 Å². The maximum atomic E-state index is 11.7. The number of anilines is 1. The van der Waals surface area contributed by atoms with Crippen LogP contribution in [-0.4, -0.2) is 18.5 Å². The van der Waals surface area contributed by atoms with Crippen LogP contribution in [0.5, 0.6) is 0 Å². The maximum Gasteiger partial charge on any atom is 0.302 e. The van der Waals surface area contributed by atoms with Crippen LogP contribution in [0.4, 0.5) is 5.69 Å². The lowest BCUT2D eigenvalue weighted by molar-refractivity contribution is -0.141. The summed E-state index contributed by atoms with van der Waals surface area (Å²) in [5, 5.41) is 2.81. The highest BCUT2D eigenvalue weighted by Crippen LogP contribution is 2.34. The molecule has 1 aromatic rings. The van der Waals surface area contributed by atoms with Crippen LogP contribution in [-0.2, 0) is 14.3 Å². The Morgan fingerprint density at radius 2 is 2.19 bits per heavy atom. The Morgan fingerprint density at radius 3 is 2.94 bits per heavy atom. The van der Waals surface area contributed by atoms with Crippen molar-refractivity contribution in [2.45, 2.75) is 19.3 Å². The second-order valence-electron chi connectivity index (χ2n) is 3.76. The molecule has 0 fully saturated rings. The summed E-state index contributed by atoms with van der Waals surface area (Å²) in [6.07, 6.45) is 0.530. The Hall–Kier alpha value is -1.84. The first-order valence-electron chi connectivity index (χ1n) is 5.21. The number of hydrogen-bond acceptors (Lipinski definition) is 3. The fraction of sp³-hybridized carbons (Fsp3) is 0.333. The molecule has 0 aliphatic carbocycles. The van der Waals surface area contributed by atoms with Crippen LogP contribution in [0.1, 0.15) is 24.8 Å². The van der Waals surface area contributed by atoms with Crippen LogP contribution >= 0.6 is 0 Å². The Bertz CT molecular complexity index is 428. The number of carbonyl (C=O) groups excluding carboxylic acids is 2. The Labute approximate surface area is 93.6 Å². The van der Waals surface area contributed by atoms with Gasteiger partial charge >= 0.3 is 5.97 Å². The standard InChI is InChI=1S/C12H13NO3/c1-8(14)16-7-6-10-9-4-2-3-5-11(9)13-12(10)15/h2-5,10H,6-7H2,1H3,(H,13,15). The third kappa shape index (κ3) is 2.05. The van der Waals surface area contributed by atoms with Gasteiger partial charge in [-0.15, -0.1) is 0 Å². The summed E-state index contributed by atoms with van der Waals surface area (Å²) >= 11 is 0. The fourth-order valence-electron chi connectivity index (χ4n) is 1.88. The lowest BCUT2D eigenvalue weighted by Crippen LogP contribution is -2.14. The number of amides is 1. The summed E-state index contributed by atoms with van der Waals surface area (Å²) in [6.45, 7) is 1.64. The molecule has 0 spiro atoms. The molecule has 1 aliphatic heterocycles. The zero-order valence-electron chi connectivity index (χ0n) is 9.03. The van der Waals surface area contributed by atoms with Crippen LogP contribution in [0.15, 0.2) is 24.3 Å². The van der Waals surface area contributed by atoms with Crippen molar-refractivity contribution < 1.29 is 14.3 Å². The van der Waals surface area contributed by atoms with Crippen LogP contribution in [0, 0.1) is 0 Å². The first-order chi connectivity index (χ1) is 7.68. The van der Waals surface area contributed by atoms with E-state index in [1.165, 1.54) is 6.92 Å². The number of carbonyl (C=O) groups is 2. The fourth-order valence-corrected chi connectivity index (χ4v) is 1.88. The van der Waals surface area contributed by atoms with Crippen molar-refractivity contribution in [2.24, 2.45) is 0 Å². The lowest BCUT2D eigenvalue weighted by atomic mass is 9.98. The van der Waals surface area contributed by atoms with E-state index in [1.54, 1.807) is 0 Å². The average Bonchev–Trinajstić information content (AvgIpc) is 2.55. The summed E-state index contributed by atoms with van der Waals surface area (Å²) in [7, 11) is 0. The van der Waals surface area contributed by atoms with Gasteiger partial charge in [0.15, 0.2) is 0 Å². The van der Waals surface area contributed by atoms with E-state index in [0.717, 1.165) is 11.3 Å². The number of nitrogens with one attached hydrogen (secondary N) is 1. The minimum atomic E-state index is -0.313. The van der Waals surface area contributed by atoms with E-state index in [9.17, 15) is 9.59 Å². The normalized spacial score (nSPS) is 17.8. The third-order valence-electron chi connectivity index (χ3n) is 2.62. The van der Waals surface area contributed by atoms with Gasteiger partial charge in [-0.3, -0.25) is 9.59 Å². The Balaban J connectivity index is 2.05. The number of hydrogen-bond donors (Lipinski definition) is 1. The van der Waals surface area contributed by atoms with Crippen molar-refractivity contribution in [2.75, 3.05) is 11.9 Å². The molecule has 84 valence electrons. The van der Waals surface area contributed by atoms with Crippen LogP contribution in [0.2, 0.25) is 0 Å². The lowest BCUT2D eigenvalue weighted by Gasteiger charge is -2.08. The molecular formula is C12H13NO3. The Morgan fingerprint density at radius 1 is 1.44 bits per heavy atom. The summed E-state index contributed by atoms with van der Waals surface area (Å²) in [5.74, 6) is -0.532. The topological polar surface area (TPSA) is 55.4 Å². The maximum absolute atomic E-state index is 11.7. The van der Waals surface area contributed by atoms with E-state index in [0.29, 0.717) is 6.42 Å². The molecule has 0 aromatic heterocycles. The molecule has 1 N–H and O–H groups in total. The van der Waals surface area contributed by atoms with Crippen molar-refractivity contribution in [1.82, 2.24) is 0 Å². The molecule has 4 heteroatoms. The summed E-state index contributed by atoms with van der Waals surface area (Å²) < 4.78 is 4.85. The molecule has 0 saturated carbocycles. The molecule has 0 bridgehead atoms. The van der Waals surface area contributed by atoms with E-state index in [2.05, 4.69) is 5.32 Å². The molecule has 1 heterocycles. The number of rotatable bonds is 3. The SMILES string of the molecule is CC(=O)OCCC1C(=O)Nc2ccccc21. The van der Waals surface area contributed by atoms with Gasteiger partial charge in [0, 0.05) is 12.6 Å². The van der Waals surface area contributed by atoms with Crippen molar-refractivity contribution >= 4 is 17.6 Å². The molecule has 1 aromatic carbocycles. The summed E-state index contributed by atoms with van der Waals surface area (Å²) in [4.78, 5) is 22.3. The van der Waals surface area contributed by atoms with E-state index in [-0.39, 0.29) is 24.4 Å². The second-order valence-corrected chi connectivity index (χ2v) is 3.76. The zero-order valence-corrected chi connectivity index (χ0v) is 9.03. The van der Waals surface area contributed by atoms with Gasteiger partial charge in [0.2, 0.25) is 5.91 Å². The minimum absolute atomic E-state index is 0.0200. The highest BCUT2D eigenvalue weighted by Gasteiger charge is 2.29. The smallest absolute Gasteiger partial charge is 0.302 e. The van der Waals surface area contributed by atoms with E-state index < -0.39 is 0 Å². The van der Waals surface area contributed by atoms with Gasteiger partial charge < -0.3 is 10.1 Å². The van der Waals surface area contributed by atoms with Gasteiger partial charge in [-0.2, -0.15) is 0 Å². The van der Waals surface area contributed by atoms with Gasteiger partial charge in [0.05, 0.1) is 12.5 Å². The number of esters is 1. The predicted octanol–water partition coefficient (Wildman–Crippen LogP) is 1.68. The summed E-state index contributed by atoms with van der Waals surface area (Å²) in [5.41, 5.74) is 1.85. The van der Waals surface area contributed by atoms with Gasteiger partial charge in [-0.25, -0.2) is 0 Å². The first kappa shape index (κ1) is 10.7. The molecular weight excluding hydrogens is 206 g/mol. The largest absolute Gasteiger partial charge is 0.466 e. The molecule has 1 unspecified atom stereocenters. The van der Waals surface area contributed by atoms with Crippen molar-refractivity contribution in [3.8, 4) is 0 Å². The summed E-state index contributed by atoms with van der Waals surface area (Å²) in [6, 6.07) is 7.58. The highest BCUT2D eigenvalue weighted by molar-refractivity contribution is 6.02. The molecule has 0 radical (unpaired) electrons. The molecule has 2 rings (SSSR count). The zero-order chi connectivity index (χ0) is 11.5. The van der Waals surface area contributed by atoms with Crippen LogP contribution in [0.25, 0.3) is 0 Å². The molecule has 16 heavy (non-hydrogen) atoms. The van der Waals surface area contributed by atoms with Crippen LogP contribution < -0.4 is 5.32 Å². The minimum Gasteiger partial charge on any atom is -0.466 e. The van der Waals surface area contributed by atoms with E-state index in [4.69, 9.17) is 4.74 Å². The van der Waals surface area contributed by atoms with Gasteiger partial charge in [0.1, 0.15) is 0 Å². The molecule has 1 aliphatic rings. The second kappa shape index (κ2) is 4.35.